The van der Waals surface area contributed by atoms with Crippen molar-refractivity contribution >= 4 is 39.3 Å². The fraction of sp³-hybridized carbons (Fsp3) is 0.250. The zero-order valence-electron chi connectivity index (χ0n) is 15.7. The molecule has 3 amide bonds. The first kappa shape index (κ1) is 21.4. The molecule has 8 heteroatoms. The van der Waals surface area contributed by atoms with Gasteiger partial charge < -0.3 is 10.1 Å². The van der Waals surface area contributed by atoms with E-state index in [0.29, 0.717) is 23.4 Å². The van der Waals surface area contributed by atoms with Crippen LogP contribution in [0.25, 0.3) is 0 Å². The lowest BCUT2D eigenvalue weighted by Gasteiger charge is -2.10. The Morgan fingerprint density at radius 3 is 2.36 bits per heavy atom. The van der Waals surface area contributed by atoms with E-state index >= 15 is 0 Å². The van der Waals surface area contributed by atoms with Crippen LogP contribution in [0.15, 0.2) is 46.9 Å². The predicted octanol–water partition coefficient (Wildman–Crippen LogP) is 3.34. The summed E-state index contributed by atoms with van der Waals surface area (Å²) in [5, 5.41) is 2.74. The van der Waals surface area contributed by atoms with Gasteiger partial charge in [-0.1, -0.05) is 13.0 Å². The second-order valence-electron chi connectivity index (χ2n) is 6.10. The fourth-order valence-electron chi connectivity index (χ4n) is 2.26. The maximum absolute atomic E-state index is 12.1. The van der Waals surface area contributed by atoms with Crippen molar-refractivity contribution in [3.05, 3.63) is 58.1 Å². The van der Waals surface area contributed by atoms with Gasteiger partial charge >= 0.3 is 0 Å². The van der Waals surface area contributed by atoms with E-state index in [1.165, 1.54) is 0 Å². The van der Waals surface area contributed by atoms with Gasteiger partial charge in [-0.15, -0.1) is 0 Å². The van der Waals surface area contributed by atoms with Crippen LogP contribution in [0.5, 0.6) is 5.75 Å². The first-order valence-corrected chi connectivity index (χ1v) is 9.56. The maximum atomic E-state index is 12.1. The molecule has 0 heterocycles. The minimum Gasteiger partial charge on any atom is -0.483 e. The van der Waals surface area contributed by atoms with Gasteiger partial charge in [0.1, 0.15) is 5.75 Å². The molecule has 0 bridgehead atoms. The van der Waals surface area contributed by atoms with Gasteiger partial charge in [0, 0.05) is 17.7 Å². The van der Waals surface area contributed by atoms with E-state index in [0.717, 1.165) is 16.5 Å². The number of hydrazine groups is 1. The highest BCUT2D eigenvalue weighted by molar-refractivity contribution is 9.10. The fourth-order valence-corrected chi connectivity index (χ4v) is 2.86. The lowest BCUT2D eigenvalue weighted by Crippen LogP contribution is -2.43. The van der Waals surface area contributed by atoms with Gasteiger partial charge in [0.25, 0.3) is 11.8 Å². The van der Waals surface area contributed by atoms with Crippen LogP contribution in [0.4, 0.5) is 5.69 Å². The van der Waals surface area contributed by atoms with Gasteiger partial charge in [-0.3, -0.25) is 25.2 Å². The first-order valence-electron chi connectivity index (χ1n) is 8.77. The number of anilines is 1. The highest BCUT2D eigenvalue weighted by Crippen LogP contribution is 2.25. The molecule has 0 saturated heterocycles. The highest BCUT2D eigenvalue weighted by atomic mass is 79.9. The number of rotatable bonds is 7. The zero-order valence-corrected chi connectivity index (χ0v) is 17.3. The molecule has 3 N–H and O–H groups in total. The molecule has 2 rings (SSSR count). The van der Waals surface area contributed by atoms with Crippen LogP contribution < -0.4 is 20.9 Å². The van der Waals surface area contributed by atoms with E-state index in [4.69, 9.17) is 4.74 Å². The van der Waals surface area contributed by atoms with Gasteiger partial charge in [0.05, 0.1) is 4.47 Å². The van der Waals surface area contributed by atoms with Crippen molar-refractivity contribution < 1.29 is 19.1 Å². The monoisotopic (exact) mass is 447 g/mol. The third-order valence-electron chi connectivity index (χ3n) is 3.67. The van der Waals surface area contributed by atoms with Crippen LogP contribution in [-0.4, -0.2) is 24.3 Å². The first-order chi connectivity index (χ1) is 13.4. The Labute approximate surface area is 171 Å². The molecule has 0 radical (unpaired) electrons. The number of hydrogen-bond donors (Lipinski definition) is 3. The van der Waals surface area contributed by atoms with E-state index in [-0.39, 0.29) is 12.5 Å². The summed E-state index contributed by atoms with van der Waals surface area (Å²) in [6.45, 7) is 3.62. The van der Waals surface area contributed by atoms with Crippen LogP contribution in [0.3, 0.4) is 0 Å². The van der Waals surface area contributed by atoms with E-state index in [2.05, 4.69) is 32.1 Å². The second kappa shape index (κ2) is 10.5. The summed E-state index contributed by atoms with van der Waals surface area (Å²) >= 11 is 3.37. The van der Waals surface area contributed by atoms with Gasteiger partial charge in [0.2, 0.25) is 5.91 Å². The predicted molar refractivity (Wildman–Crippen MR) is 110 cm³/mol. The maximum Gasteiger partial charge on any atom is 0.276 e. The number of aryl methyl sites for hydroxylation is 1. The molecule has 0 unspecified atom stereocenters. The lowest BCUT2D eigenvalue weighted by atomic mass is 10.2. The molecule has 0 aliphatic carbocycles. The Balaban J connectivity index is 1.79. The quantitative estimate of drug-likeness (QED) is 0.567. The second-order valence-corrected chi connectivity index (χ2v) is 6.95. The molecule has 0 atom stereocenters. The van der Waals surface area contributed by atoms with Gasteiger partial charge in [-0.2, -0.15) is 0 Å². The summed E-state index contributed by atoms with van der Waals surface area (Å²) in [6.07, 6.45) is 1.20. The number of amides is 3. The van der Waals surface area contributed by atoms with E-state index in [9.17, 15) is 14.4 Å². The summed E-state index contributed by atoms with van der Waals surface area (Å²) in [5.41, 5.74) is 6.63. The van der Waals surface area contributed by atoms with Crippen molar-refractivity contribution in [2.45, 2.75) is 26.7 Å². The van der Waals surface area contributed by atoms with Crippen molar-refractivity contribution in [1.82, 2.24) is 10.9 Å². The molecule has 0 aromatic heterocycles. The third-order valence-corrected chi connectivity index (χ3v) is 4.29. The van der Waals surface area contributed by atoms with Crippen LogP contribution >= 0.6 is 15.9 Å². The Hall–Kier alpha value is -2.87. The summed E-state index contributed by atoms with van der Waals surface area (Å²) in [5.74, 6) is -0.513. The van der Waals surface area contributed by atoms with Crippen LogP contribution in [0.1, 0.15) is 35.7 Å². The standard InChI is InChI=1S/C20H22BrN3O4/c1-3-4-18(25)22-15-8-6-14(7-9-15)20(27)24-23-19(26)12-28-17-10-5-13(2)11-16(17)21/h5-11H,3-4,12H2,1-2H3,(H,22,25)(H,23,26)(H,24,27). The average molecular weight is 448 g/mol. The van der Waals surface area contributed by atoms with Crippen LogP contribution in [0.2, 0.25) is 0 Å². The molecular formula is C20H22BrN3O4. The minimum absolute atomic E-state index is 0.0767. The number of hydrogen-bond acceptors (Lipinski definition) is 4. The highest BCUT2D eigenvalue weighted by Gasteiger charge is 2.10. The van der Waals surface area contributed by atoms with Crippen molar-refractivity contribution in [2.75, 3.05) is 11.9 Å². The minimum atomic E-state index is -0.496. The topological polar surface area (TPSA) is 96.5 Å². The summed E-state index contributed by atoms with van der Waals surface area (Å²) in [4.78, 5) is 35.5. The molecule has 2 aromatic rings. The molecular weight excluding hydrogens is 426 g/mol. The molecule has 148 valence electrons. The van der Waals surface area contributed by atoms with Crippen molar-refractivity contribution in [2.24, 2.45) is 0 Å². The summed E-state index contributed by atoms with van der Waals surface area (Å²) < 4.78 is 6.16. The molecule has 2 aromatic carbocycles. The molecule has 0 aliphatic heterocycles. The Morgan fingerprint density at radius 2 is 1.71 bits per heavy atom. The number of carbonyl (C=O) groups excluding carboxylic acids is 3. The summed E-state index contributed by atoms with van der Waals surface area (Å²) in [6, 6.07) is 11.9. The average Bonchev–Trinajstić information content (AvgIpc) is 2.66. The lowest BCUT2D eigenvalue weighted by molar-refractivity contribution is -0.123. The molecule has 28 heavy (non-hydrogen) atoms. The SMILES string of the molecule is CCCC(=O)Nc1ccc(C(=O)NNC(=O)COc2ccc(C)cc2Br)cc1. The molecule has 0 fully saturated rings. The normalized spacial score (nSPS) is 10.1. The van der Waals surface area contributed by atoms with Crippen molar-refractivity contribution in [3.63, 3.8) is 0 Å². The Morgan fingerprint density at radius 1 is 1.00 bits per heavy atom. The molecule has 0 spiro atoms. The molecule has 7 nitrogen and oxygen atoms in total. The van der Waals surface area contributed by atoms with Crippen LogP contribution in [-0.2, 0) is 9.59 Å². The number of carbonyl (C=O) groups is 3. The molecule has 0 saturated carbocycles. The number of nitrogens with one attached hydrogen (secondary N) is 3. The number of benzene rings is 2. The zero-order chi connectivity index (χ0) is 20.5. The number of halogens is 1. The van der Waals surface area contributed by atoms with Gasteiger partial charge in [-0.25, -0.2) is 0 Å². The smallest absolute Gasteiger partial charge is 0.276 e. The summed E-state index contributed by atoms with van der Waals surface area (Å²) in [7, 11) is 0. The molecule has 0 aliphatic rings. The Kier molecular flexibility index (Phi) is 8.01. The number of ether oxygens (including phenoxy) is 1. The van der Waals surface area contributed by atoms with E-state index < -0.39 is 11.8 Å². The van der Waals surface area contributed by atoms with E-state index in [1.54, 1.807) is 30.3 Å². The van der Waals surface area contributed by atoms with Crippen molar-refractivity contribution in [1.29, 1.82) is 0 Å². The van der Waals surface area contributed by atoms with Crippen molar-refractivity contribution in [3.8, 4) is 5.75 Å². The largest absolute Gasteiger partial charge is 0.483 e. The van der Waals surface area contributed by atoms with E-state index in [1.807, 2.05) is 26.0 Å². The Bertz CT molecular complexity index is 853. The third kappa shape index (κ3) is 6.70. The van der Waals surface area contributed by atoms with Gasteiger partial charge in [0.15, 0.2) is 6.61 Å². The van der Waals surface area contributed by atoms with Gasteiger partial charge in [-0.05, 0) is 71.2 Å². The van der Waals surface area contributed by atoms with Crippen LogP contribution in [0, 0.1) is 6.92 Å².